The van der Waals surface area contributed by atoms with Gasteiger partial charge in [0.15, 0.2) is 12.4 Å². The Bertz CT molecular complexity index is 412. The largest absolute Gasteiger partial charge is 0.619 e. The van der Waals surface area contributed by atoms with Crippen molar-refractivity contribution in [2.45, 2.75) is 6.42 Å². The Labute approximate surface area is 81.0 Å². The number of rotatable bonds is 1. The summed E-state index contributed by atoms with van der Waals surface area (Å²) in [6.07, 6.45) is 4.86. The van der Waals surface area contributed by atoms with Gasteiger partial charge in [0.1, 0.15) is 5.56 Å². The van der Waals surface area contributed by atoms with Gasteiger partial charge in [-0.2, -0.15) is 4.73 Å². The van der Waals surface area contributed by atoms with Crippen LogP contribution in [-0.2, 0) is 11.2 Å². The van der Waals surface area contributed by atoms with Gasteiger partial charge in [0.25, 0.3) is 0 Å². The van der Waals surface area contributed by atoms with Gasteiger partial charge in [-0.25, -0.2) is 4.79 Å². The number of hydrogen-bond donors (Lipinski definition) is 0. The zero-order valence-electron chi connectivity index (χ0n) is 7.53. The molecule has 0 bridgehead atoms. The molecule has 1 aliphatic heterocycles. The van der Waals surface area contributed by atoms with Crippen LogP contribution in [0.2, 0.25) is 0 Å². The van der Waals surface area contributed by atoms with E-state index >= 15 is 0 Å². The van der Waals surface area contributed by atoms with Crippen molar-refractivity contribution in [3.8, 4) is 0 Å². The predicted octanol–water partition coefficient (Wildman–Crippen LogP) is 0.676. The SMILES string of the molecule is C=Cc1c[n+]([O-])cc2c1CCOC2=O. The average molecular weight is 191 g/mol. The second-order valence-electron chi connectivity index (χ2n) is 3.06. The molecule has 0 aromatic carbocycles. The smallest absolute Gasteiger partial charge is 0.344 e. The van der Waals surface area contributed by atoms with Gasteiger partial charge in [-0.15, -0.1) is 0 Å². The van der Waals surface area contributed by atoms with Crippen LogP contribution in [0.25, 0.3) is 6.08 Å². The zero-order valence-corrected chi connectivity index (χ0v) is 7.53. The van der Waals surface area contributed by atoms with Gasteiger partial charge in [0.2, 0.25) is 0 Å². The quantitative estimate of drug-likeness (QED) is 0.372. The lowest BCUT2D eigenvalue weighted by atomic mass is 10.00. The van der Waals surface area contributed by atoms with Gasteiger partial charge in [0.05, 0.1) is 6.61 Å². The van der Waals surface area contributed by atoms with Crippen molar-refractivity contribution >= 4 is 12.0 Å². The van der Waals surface area contributed by atoms with Gasteiger partial charge < -0.3 is 9.94 Å². The van der Waals surface area contributed by atoms with Gasteiger partial charge >= 0.3 is 5.97 Å². The molecule has 1 aliphatic rings. The lowest BCUT2D eigenvalue weighted by Gasteiger charge is -2.16. The molecule has 1 aromatic heterocycles. The molecule has 2 heterocycles. The summed E-state index contributed by atoms with van der Waals surface area (Å²) in [6.45, 7) is 3.97. The molecular weight excluding hydrogens is 182 g/mol. The van der Waals surface area contributed by atoms with Crippen molar-refractivity contribution in [3.63, 3.8) is 0 Å². The molecule has 0 N–H and O–H groups in total. The molecule has 0 fully saturated rings. The van der Waals surface area contributed by atoms with E-state index in [0.29, 0.717) is 28.9 Å². The summed E-state index contributed by atoms with van der Waals surface area (Å²) in [7, 11) is 0. The Balaban J connectivity index is 2.66. The highest BCUT2D eigenvalue weighted by Gasteiger charge is 2.23. The first-order valence-electron chi connectivity index (χ1n) is 4.27. The third-order valence-electron chi connectivity index (χ3n) is 2.22. The van der Waals surface area contributed by atoms with E-state index in [-0.39, 0.29) is 0 Å². The van der Waals surface area contributed by atoms with Crippen LogP contribution in [0.1, 0.15) is 21.5 Å². The summed E-state index contributed by atoms with van der Waals surface area (Å²) in [4.78, 5) is 11.3. The first kappa shape index (κ1) is 8.74. The molecule has 0 saturated heterocycles. The maximum Gasteiger partial charge on any atom is 0.344 e. The molecule has 4 heteroatoms. The number of pyridine rings is 1. The minimum Gasteiger partial charge on any atom is -0.619 e. The summed E-state index contributed by atoms with van der Waals surface area (Å²) in [6, 6.07) is 0. The molecule has 72 valence electrons. The number of fused-ring (bicyclic) bond motifs is 1. The summed E-state index contributed by atoms with van der Waals surface area (Å²) in [5.74, 6) is -0.431. The standard InChI is InChI=1S/C10H9NO3/c1-2-7-5-11(13)6-9-8(7)3-4-14-10(9)12/h2,5-6H,1,3-4H2. The summed E-state index contributed by atoms with van der Waals surface area (Å²) >= 11 is 0. The maximum absolute atomic E-state index is 11.3. The van der Waals surface area contributed by atoms with E-state index in [2.05, 4.69) is 6.58 Å². The molecule has 0 saturated carbocycles. The van der Waals surface area contributed by atoms with Crippen LogP contribution < -0.4 is 4.73 Å². The molecule has 0 atom stereocenters. The van der Waals surface area contributed by atoms with E-state index in [1.54, 1.807) is 6.08 Å². The Morgan fingerprint density at radius 2 is 2.36 bits per heavy atom. The third-order valence-corrected chi connectivity index (χ3v) is 2.22. The minimum absolute atomic E-state index is 0.351. The third kappa shape index (κ3) is 1.25. The number of aromatic nitrogens is 1. The maximum atomic E-state index is 11.3. The van der Waals surface area contributed by atoms with Crippen molar-refractivity contribution in [1.82, 2.24) is 0 Å². The van der Waals surface area contributed by atoms with Crippen molar-refractivity contribution in [3.05, 3.63) is 40.9 Å². The van der Waals surface area contributed by atoms with Gasteiger partial charge in [-0.1, -0.05) is 12.7 Å². The van der Waals surface area contributed by atoms with E-state index in [1.807, 2.05) is 0 Å². The van der Waals surface area contributed by atoms with Crippen LogP contribution in [-0.4, -0.2) is 12.6 Å². The molecule has 0 aliphatic carbocycles. The summed E-state index contributed by atoms with van der Waals surface area (Å²) < 4.78 is 5.43. The molecule has 0 spiro atoms. The van der Waals surface area contributed by atoms with Crippen LogP contribution in [0, 0.1) is 5.21 Å². The second-order valence-corrected chi connectivity index (χ2v) is 3.06. The van der Waals surface area contributed by atoms with Gasteiger partial charge in [-0.05, 0) is 5.56 Å². The zero-order chi connectivity index (χ0) is 10.1. The van der Waals surface area contributed by atoms with Crippen LogP contribution >= 0.6 is 0 Å². The number of cyclic esters (lactones) is 1. The first-order chi connectivity index (χ1) is 6.72. The Kier molecular flexibility index (Phi) is 1.96. The number of carbonyl (C=O) groups excluding carboxylic acids is 1. The molecule has 0 amide bonds. The highest BCUT2D eigenvalue weighted by molar-refractivity contribution is 5.92. The average Bonchev–Trinajstić information content (AvgIpc) is 2.18. The van der Waals surface area contributed by atoms with E-state index in [0.717, 1.165) is 5.56 Å². The number of hydrogen-bond acceptors (Lipinski definition) is 3. The fourth-order valence-electron chi connectivity index (χ4n) is 1.57. The van der Waals surface area contributed by atoms with E-state index in [1.165, 1.54) is 12.4 Å². The monoisotopic (exact) mass is 191 g/mol. The summed E-state index contributed by atoms with van der Waals surface area (Å²) in [5, 5.41) is 11.1. The molecule has 1 aromatic rings. The normalized spacial score (nSPS) is 14.4. The van der Waals surface area contributed by atoms with Gasteiger partial charge in [0, 0.05) is 12.0 Å². The topological polar surface area (TPSA) is 53.2 Å². The minimum atomic E-state index is -0.431. The molecule has 4 nitrogen and oxygen atoms in total. The number of esters is 1. The fourth-order valence-corrected chi connectivity index (χ4v) is 1.57. The van der Waals surface area contributed by atoms with Crippen LogP contribution in [0.4, 0.5) is 0 Å². The van der Waals surface area contributed by atoms with E-state index in [4.69, 9.17) is 4.74 Å². The van der Waals surface area contributed by atoms with E-state index < -0.39 is 5.97 Å². The van der Waals surface area contributed by atoms with Crippen molar-refractivity contribution in [2.75, 3.05) is 6.61 Å². The lowest BCUT2D eigenvalue weighted by molar-refractivity contribution is -0.605. The molecule has 0 radical (unpaired) electrons. The highest BCUT2D eigenvalue weighted by atomic mass is 16.5. The Morgan fingerprint density at radius 3 is 3.07 bits per heavy atom. The lowest BCUT2D eigenvalue weighted by Crippen LogP contribution is -2.31. The van der Waals surface area contributed by atoms with Gasteiger partial charge in [-0.3, -0.25) is 0 Å². The van der Waals surface area contributed by atoms with Crippen molar-refractivity contribution in [2.24, 2.45) is 0 Å². The Hall–Kier alpha value is -1.84. The fraction of sp³-hybridized carbons (Fsp3) is 0.200. The van der Waals surface area contributed by atoms with Crippen LogP contribution in [0.5, 0.6) is 0 Å². The Morgan fingerprint density at radius 1 is 1.57 bits per heavy atom. The molecule has 2 rings (SSSR count). The number of carbonyl (C=O) groups is 1. The molecule has 14 heavy (non-hydrogen) atoms. The van der Waals surface area contributed by atoms with Crippen molar-refractivity contribution in [1.29, 1.82) is 0 Å². The van der Waals surface area contributed by atoms with Crippen LogP contribution in [0.3, 0.4) is 0 Å². The molecule has 0 unspecified atom stereocenters. The predicted molar refractivity (Wildman–Crippen MR) is 49.5 cm³/mol. The number of ether oxygens (including phenoxy) is 1. The second kappa shape index (κ2) is 3.14. The first-order valence-corrected chi connectivity index (χ1v) is 4.27. The van der Waals surface area contributed by atoms with Crippen molar-refractivity contribution < 1.29 is 14.3 Å². The highest BCUT2D eigenvalue weighted by Crippen LogP contribution is 2.19. The summed E-state index contributed by atoms with van der Waals surface area (Å²) in [5.41, 5.74) is 1.90. The van der Waals surface area contributed by atoms with E-state index in [9.17, 15) is 10.0 Å². The van der Waals surface area contributed by atoms with Crippen LogP contribution in [0.15, 0.2) is 19.0 Å². The molecular formula is C10H9NO3. The number of nitrogens with zero attached hydrogens (tertiary/aromatic N) is 1.